The summed E-state index contributed by atoms with van der Waals surface area (Å²) >= 11 is 1.50. The second kappa shape index (κ2) is 8.68. The number of hydrogen-bond donors (Lipinski definition) is 2. The van der Waals surface area contributed by atoms with E-state index < -0.39 is 0 Å². The predicted octanol–water partition coefficient (Wildman–Crippen LogP) is 2.31. The fourth-order valence-electron chi connectivity index (χ4n) is 2.12. The van der Waals surface area contributed by atoms with Gasteiger partial charge in [-0.05, 0) is 25.2 Å². The standard InChI is InChI=1S/C16H24N6OS/c1-5-6-13(23)17-7-8-22-15-12(10-19-22)14(18-9-11(2)3)20-16(21-15)24-4/h5-6,10-11H,7-9H2,1-4H3,(H,17,23)(H,18,20,21)/b6-5-. The Morgan fingerprint density at radius 2 is 2.21 bits per heavy atom. The molecule has 0 aliphatic carbocycles. The SMILES string of the molecule is C/C=C\C(=O)NCCn1ncc2c(NCC(C)C)nc(SC)nc21. The summed E-state index contributed by atoms with van der Waals surface area (Å²) in [4.78, 5) is 20.6. The molecule has 7 nitrogen and oxygen atoms in total. The van der Waals surface area contributed by atoms with Crippen LogP contribution in [0.2, 0.25) is 0 Å². The van der Waals surface area contributed by atoms with Gasteiger partial charge >= 0.3 is 0 Å². The summed E-state index contributed by atoms with van der Waals surface area (Å²) in [6.45, 7) is 8.00. The maximum atomic E-state index is 11.5. The third kappa shape index (κ3) is 4.70. The van der Waals surface area contributed by atoms with E-state index in [4.69, 9.17) is 0 Å². The van der Waals surface area contributed by atoms with Crippen molar-refractivity contribution in [3.8, 4) is 0 Å². The molecule has 0 atom stereocenters. The Hall–Kier alpha value is -2.09. The van der Waals surface area contributed by atoms with Crippen LogP contribution in [0.3, 0.4) is 0 Å². The Balaban J connectivity index is 2.19. The molecule has 2 aromatic heterocycles. The molecule has 2 aromatic rings. The number of allylic oxidation sites excluding steroid dienone is 1. The lowest BCUT2D eigenvalue weighted by atomic mass is 10.2. The second-order valence-corrected chi connectivity index (χ2v) is 6.50. The normalized spacial score (nSPS) is 11.5. The van der Waals surface area contributed by atoms with Gasteiger partial charge in [-0.2, -0.15) is 5.10 Å². The minimum Gasteiger partial charge on any atom is -0.369 e. The number of thioether (sulfide) groups is 1. The highest BCUT2D eigenvalue weighted by atomic mass is 32.2. The number of anilines is 1. The second-order valence-electron chi connectivity index (χ2n) is 5.73. The molecule has 24 heavy (non-hydrogen) atoms. The number of rotatable bonds is 8. The van der Waals surface area contributed by atoms with Gasteiger partial charge in [0.25, 0.3) is 0 Å². The third-order valence-electron chi connectivity index (χ3n) is 3.28. The molecule has 0 spiro atoms. The first-order valence-corrected chi connectivity index (χ1v) is 9.19. The van der Waals surface area contributed by atoms with Crippen molar-refractivity contribution < 1.29 is 4.79 Å². The summed E-state index contributed by atoms with van der Waals surface area (Å²) in [6, 6.07) is 0. The summed E-state index contributed by atoms with van der Waals surface area (Å²) in [7, 11) is 0. The van der Waals surface area contributed by atoms with Crippen LogP contribution in [0.25, 0.3) is 11.0 Å². The van der Waals surface area contributed by atoms with Crippen LogP contribution < -0.4 is 10.6 Å². The lowest BCUT2D eigenvalue weighted by molar-refractivity contribution is -0.116. The molecular formula is C16H24N6OS. The molecule has 2 N–H and O–H groups in total. The van der Waals surface area contributed by atoms with Gasteiger partial charge in [0.05, 0.1) is 18.1 Å². The average molecular weight is 348 g/mol. The lowest BCUT2D eigenvalue weighted by Gasteiger charge is -2.10. The number of nitrogens with zero attached hydrogens (tertiary/aromatic N) is 4. The van der Waals surface area contributed by atoms with Crippen molar-refractivity contribution in [2.45, 2.75) is 32.5 Å². The zero-order chi connectivity index (χ0) is 17.5. The van der Waals surface area contributed by atoms with Crippen LogP contribution >= 0.6 is 11.8 Å². The number of hydrogen-bond acceptors (Lipinski definition) is 6. The topological polar surface area (TPSA) is 84.7 Å². The summed E-state index contributed by atoms with van der Waals surface area (Å²) in [5, 5.41) is 12.2. The minimum atomic E-state index is -0.104. The zero-order valence-electron chi connectivity index (χ0n) is 14.5. The highest BCUT2D eigenvalue weighted by molar-refractivity contribution is 7.98. The maximum Gasteiger partial charge on any atom is 0.243 e. The van der Waals surface area contributed by atoms with Gasteiger partial charge in [-0.1, -0.05) is 31.7 Å². The van der Waals surface area contributed by atoms with E-state index in [0.717, 1.165) is 23.4 Å². The van der Waals surface area contributed by atoms with E-state index in [1.807, 2.05) is 13.2 Å². The molecule has 2 heterocycles. The Morgan fingerprint density at radius 1 is 1.42 bits per heavy atom. The van der Waals surface area contributed by atoms with Crippen molar-refractivity contribution in [2.75, 3.05) is 24.7 Å². The van der Waals surface area contributed by atoms with Gasteiger partial charge in [0.1, 0.15) is 5.82 Å². The fourth-order valence-corrected chi connectivity index (χ4v) is 2.48. The van der Waals surface area contributed by atoms with Gasteiger partial charge in [0.2, 0.25) is 5.91 Å². The first-order valence-electron chi connectivity index (χ1n) is 7.97. The van der Waals surface area contributed by atoms with Crippen molar-refractivity contribution in [2.24, 2.45) is 5.92 Å². The van der Waals surface area contributed by atoms with Crippen LogP contribution in [0.5, 0.6) is 0 Å². The fraction of sp³-hybridized carbons (Fsp3) is 0.500. The van der Waals surface area contributed by atoms with E-state index in [9.17, 15) is 4.79 Å². The number of amides is 1. The molecule has 0 bridgehead atoms. The molecule has 1 amide bonds. The Kier molecular flexibility index (Phi) is 6.60. The van der Waals surface area contributed by atoms with E-state index in [0.29, 0.717) is 24.2 Å². The van der Waals surface area contributed by atoms with Crippen LogP contribution in [0.15, 0.2) is 23.5 Å². The lowest BCUT2D eigenvalue weighted by Crippen LogP contribution is -2.25. The van der Waals surface area contributed by atoms with E-state index in [1.165, 1.54) is 17.8 Å². The largest absolute Gasteiger partial charge is 0.369 e. The monoisotopic (exact) mass is 348 g/mol. The summed E-state index contributed by atoms with van der Waals surface area (Å²) < 4.78 is 1.80. The first kappa shape index (κ1) is 18.3. The van der Waals surface area contributed by atoms with Crippen LogP contribution in [0.4, 0.5) is 5.82 Å². The Bertz CT molecular complexity index is 725. The number of aromatic nitrogens is 4. The molecule has 0 aromatic carbocycles. The van der Waals surface area contributed by atoms with E-state index in [-0.39, 0.29) is 5.91 Å². The molecule has 0 radical (unpaired) electrons. The van der Waals surface area contributed by atoms with Crippen molar-refractivity contribution in [1.82, 2.24) is 25.1 Å². The minimum absolute atomic E-state index is 0.104. The highest BCUT2D eigenvalue weighted by Gasteiger charge is 2.13. The van der Waals surface area contributed by atoms with E-state index >= 15 is 0 Å². The van der Waals surface area contributed by atoms with Gasteiger partial charge in [0, 0.05) is 13.1 Å². The average Bonchev–Trinajstić information content (AvgIpc) is 2.96. The number of fused-ring (bicyclic) bond motifs is 1. The Labute approximate surface area is 146 Å². The van der Waals surface area contributed by atoms with E-state index in [1.54, 1.807) is 17.0 Å². The maximum absolute atomic E-state index is 11.5. The van der Waals surface area contributed by atoms with Crippen molar-refractivity contribution >= 4 is 34.5 Å². The number of carbonyl (C=O) groups excluding carboxylic acids is 1. The van der Waals surface area contributed by atoms with Crippen molar-refractivity contribution in [1.29, 1.82) is 0 Å². The number of nitrogens with one attached hydrogen (secondary N) is 2. The van der Waals surface area contributed by atoms with Crippen LogP contribution in [0.1, 0.15) is 20.8 Å². The first-order chi connectivity index (χ1) is 11.5. The van der Waals surface area contributed by atoms with Crippen LogP contribution in [-0.2, 0) is 11.3 Å². The molecule has 8 heteroatoms. The summed E-state index contributed by atoms with van der Waals surface area (Å²) in [5.41, 5.74) is 0.779. The van der Waals surface area contributed by atoms with Gasteiger partial charge in [-0.15, -0.1) is 0 Å². The third-order valence-corrected chi connectivity index (χ3v) is 3.82. The molecule has 0 fully saturated rings. The van der Waals surface area contributed by atoms with Crippen LogP contribution in [0, 0.1) is 5.92 Å². The van der Waals surface area contributed by atoms with Gasteiger partial charge in [0.15, 0.2) is 10.8 Å². The molecule has 130 valence electrons. The van der Waals surface area contributed by atoms with Gasteiger partial charge in [-0.25, -0.2) is 14.6 Å². The molecular weight excluding hydrogens is 324 g/mol. The van der Waals surface area contributed by atoms with Crippen molar-refractivity contribution in [3.63, 3.8) is 0 Å². The van der Waals surface area contributed by atoms with E-state index in [2.05, 4.69) is 39.5 Å². The molecule has 0 unspecified atom stereocenters. The molecule has 0 aliphatic rings. The summed E-state index contributed by atoms with van der Waals surface area (Å²) in [5.74, 6) is 1.22. The van der Waals surface area contributed by atoms with Gasteiger partial charge < -0.3 is 10.6 Å². The molecule has 0 saturated heterocycles. The smallest absolute Gasteiger partial charge is 0.243 e. The summed E-state index contributed by atoms with van der Waals surface area (Å²) in [6.07, 6.45) is 6.94. The predicted molar refractivity (Wildman–Crippen MR) is 98.3 cm³/mol. The molecule has 0 saturated carbocycles. The van der Waals surface area contributed by atoms with Crippen molar-refractivity contribution in [3.05, 3.63) is 18.3 Å². The highest BCUT2D eigenvalue weighted by Crippen LogP contribution is 2.23. The molecule has 0 aliphatic heterocycles. The Morgan fingerprint density at radius 3 is 2.88 bits per heavy atom. The molecule has 2 rings (SSSR count). The zero-order valence-corrected chi connectivity index (χ0v) is 15.4. The number of carbonyl (C=O) groups is 1. The van der Waals surface area contributed by atoms with Crippen LogP contribution in [-0.4, -0.2) is 45.0 Å². The quantitative estimate of drug-likeness (QED) is 0.433. The van der Waals surface area contributed by atoms with Gasteiger partial charge in [-0.3, -0.25) is 4.79 Å².